The molecule has 1 aromatic carbocycles. The summed E-state index contributed by atoms with van der Waals surface area (Å²) in [6.07, 6.45) is 2.06. The Morgan fingerprint density at radius 1 is 1.29 bits per heavy atom. The normalized spacial score (nSPS) is 21.5. The molecule has 0 saturated carbocycles. The zero-order valence-electron chi connectivity index (χ0n) is 7.49. The number of hydrogen-bond donors (Lipinski definition) is 1. The van der Waals surface area contributed by atoms with E-state index in [0.29, 0.717) is 4.47 Å². The van der Waals surface area contributed by atoms with Gasteiger partial charge in [0.15, 0.2) is 11.6 Å². The minimum Gasteiger partial charge on any atom is -0.310 e. The van der Waals surface area contributed by atoms with Gasteiger partial charge in [-0.3, -0.25) is 0 Å². The molecule has 0 amide bonds. The van der Waals surface area contributed by atoms with Crippen molar-refractivity contribution in [1.82, 2.24) is 5.32 Å². The van der Waals surface area contributed by atoms with Crippen molar-refractivity contribution in [3.63, 3.8) is 0 Å². The molecule has 1 N–H and O–H groups in total. The van der Waals surface area contributed by atoms with Gasteiger partial charge in [0.25, 0.3) is 0 Å². The summed E-state index contributed by atoms with van der Waals surface area (Å²) in [6, 6.07) is 2.60. The third-order valence-corrected chi connectivity index (χ3v) is 3.16. The van der Waals surface area contributed by atoms with Crippen LogP contribution < -0.4 is 5.32 Å². The molecule has 0 bridgehead atoms. The minimum atomic E-state index is -0.807. The molecule has 0 radical (unpaired) electrons. The van der Waals surface area contributed by atoms with E-state index in [-0.39, 0.29) is 6.04 Å². The van der Waals surface area contributed by atoms with Crippen molar-refractivity contribution in [2.24, 2.45) is 0 Å². The van der Waals surface area contributed by atoms with Crippen molar-refractivity contribution in [2.75, 3.05) is 6.54 Å². The molecule has 14 heavy (non-hydrogen) atoms. The first-order valence-electron chi connectivity index (χ1n) is 4.56. The first-order valence-corrected chi connectivity index (χ1v) is 5.35. The summed E-state index contributed by atoms with van der Waals surface area (Å²) in [5.74, 6) is -1.59. The second kappa shape index (κ2) is 3.95. The van der Waals surface area contributed by atoms with Gasteiger partial charge in [0.1, 0.15) is 0 Å². The van der Waals surface area contributed by atoms with Crippen LogP contribution >= 0.6 is 15.9 Å². The molecule has 1 aliphatic rings. The van der Waals surface area contributed by atoms with Crippen LogP contribution in [-0.2, 0) is 0 Å². The summed E-state index contributed by atoms with van der Waals surface area (Å²) < 4.78 is 26.4. The summed E-state index contributed by atoms with van der Waals surface area (Å²) in [7, 11) is 0. The Morgan fingerprint density at radius 3 is 2.64 bits per heavy atom. The van der Waals surface area contributed by atoms with Gasteiger partial charge in [-0.05, 0) is 37.1 Å². The first-order chi connectivity index (χ1) is 6.68. The Morgan fingerprint density at radius 2 is 2.00 bits per heavy atom. The van der Waals surface area contributed by atoms with Crippen LogP contribution in [-0.4, -0.2) is 6.54 Å². The third-order valence-electron chi connectivity index (χ3n) is 2.48. The predicted molar refractivity (Wildman–Crippen MR) is 54.0 cm³/mol. The second-order valence-electron chi connectivity index (χ2n) is 3.44. The Balaban J connectivity index is 2.37. The van der Waals surface area contributed by atoms with E-state index in [9.17, 15) is 8.78 Å². The Hall–Kier alpha value is -0.480. The van der Waals surface area contributed by atoms with E-state index in [1.807, 2.05) is 0 Å². The van der Waals surface area contributed by atoms with Gasteiger partial charge in [0.2, 0.25) is 0 Å². The molecular weight excluding hydrogens is 252 g/mol. The van der Waals surface area contributed by atoms with Gasteiger partial charge in [-0.15, -0.1) is 0 Å². The van der Waals surface area contributed by atoms with Crippen molar-refractivity contribution in [3.05, 3.63) is 33.8 Å². The Labute approximate surface area is 89.6 Å². The van der Waals surface area contributed by atoms with E-state index in [0.717, 1.165) is 24.9 Å². The summed E-state index contributed by atoms with van der Waals surface area (Å²) in [5, 5.41) is 3.24. The molecule has 1 fully saturated rings. The van der Waals surface area contributed by atoms with E-state index in [4.69, 9.17) is 0 Å². The standard InChI is InChI=1S/C10H10BrF2N/c11-7-5-9(13)8(12)4-6(7)10-2-1-3-14-10/h4-5,10,14H,1-3H2. The smallest absolute Gasteiger partial charge is 0.159 e. The average Bonchev–Trinajstić information content (AvgIpc) is 2.64. The fourth-order valence-electron chi connectivity index (χ4n) is 1.75. The monoisotopic (exact) mass is 261 g/mol. The lowest BCUT2D eigenvalue weighted by atomic mass is 10.1. The zero-order valence-corrected chi connectivity index (χ0v) is 9.07. The maximum atomic E-state index is 13.0. The third kappa shape index (κ3) is 1.81. The highest BCUT2D eigenvalue weighted by molar-refractivity contribution is 9.10. The molecule has 1 atom stereocenters. The van der Waals surface area contributed by atoms with Crippen LogP contribution in [0, 0.1) is 11.6 Å². The molecule has 1 saturated heterocycles. The summed E-state index contributed by atoms with van der Waals surface area (Å²) in [6.45, 7) is 0.941. The molecule has 1 aliphatic heterocycles. The molecule has 1 nitrogen and oxygen atoms in total. The van der Waals surface area contributed by atoms with Gasteiger partial charge >= 0.3 is 0 Å². The highest BCUT2D eigenvalue weighted by Crippen LogP contribution is 2.30. The molecule has 76 valence electrons. The lowest BCUT2D eigenvalue weighted by Gasteiger charge is -2.12. The molecule has 1 aromatic rings. The van der Waals surface area contributed by atoms with Gasteiger partial charge in [-0.2, -0.15) is 0 Å². The predicted octanol–water partition coefficient (Wildman–Crippen LogP) is 3.15. The van der Waals surface area contributed by atoms with E-state index < -0.39 is 11.6 Å². The minimum absolute atomic E-state index is 0.152. The van der Waals surface area contributed by atoms with Gasteiger partial charge < -0.3 is 5.32 Å². The van der Waals surface area contributed by atoms with Crippen LogP contribution in [0.2, 0.25) is 0 Å². The fourth-order valence-corrected chi connectivity index (χ4v) is 2.35. The highest BCUT2D eigenvalue weighted by Gasteiger charge is 2.20. The van der Waals surface area contributed by atoms with Crippen LogP contribution in [0.3, 0.4) is 0 Å². The molecule has 1 unspecified atom stereocenters. The van der Waals surface area contributed by atoms with Gasteiger partial charge in [0.05, 0.1) is 0 Å². The Kier molecular flexibility index (Phi) is 2.83. The fraction of sp³-hybridized carbons (Fsp3) is 0.400. The number of nitrogens with one attached hydrogen (secondary N) is 1. The van der Waals surface area contributed by atoms with Crippen molar-refractivity contribution in [3.8, 4) is 0 Å². The molecule has 0 aromatic heterocycles. The Bertz CT molecular complexity index is 348. The van der Waals surface area contributed by atoms with Crippen molar-refractivity contribution in [1.29, 1.82) is 0 Å². The summed E-state index contributed by atoms with van der Waals surface area (Å²) >= 11 is 3.24. The van der Waals surface area contributed by atoms with E-state index in [1.165, 1.54) is 12.1 Å². The maximum absolute atomic E-state index is 13.0. The van der Waals surface area contributed by atoms with Crippen LogP contribution in [0.1, 0.15) is 24.4 Å². The molecular formula is C10H10BrF2N. The van der Waals surface area contributed by atoms with Crippen LogP contribution in [0.15, 0.2) is 16.6 Å². The highest BCUT2D eigenvalue weighted by atomic mass is 79.9. The quantitative estimate of drug-likeness (QED) is 0.766. The molecule has 0 aliphatic carbocycles. The molecule has 1 heterocycles. The lowest BCUT2D eigenvalue weighted by molar-refractivity contribution is 0.502. The molecule has 2 rings (SSSR count). The zero-order chi connectivity index (χ0) is 10.1. The van der Waals surface area contributed by atoms with Crippen molar-refractivity contribution < 1.29 is 8.78 Å². The van der Waals surface area contributed by atoms with E-state index in [2.05, 4.69) is 21.2 Å². The van der Waals surface area contributed by atoms with Crippen LogP contribution in [0.5, 0.6) is 0 Å². The van der Waals surface area contributed by atoms with Gasteiger partial charge in [0, 0.05) is 10.5 Å². The number of rotatable bonds is 1. The topological polar surface area (TPSA) is 12.0 Å². The largest absolute Gasteiger partial charge is 0.310 e. The molecule has 0 spiro atoms. The van der Waals surface area contributed by atoms with E-state index in [1.54, 1.807) is 0 Å². The van der Waals surface area contributed by atoms with Crippen molar-refractivity contribution >= 4 is 15.9 Å². The van der Waals surface area contributed by atoms with Crippen molar-refractivity contribution in [2.45, 2.75) is 18.9 Å². The summed E-state index contributed by atoms with van der Waals surface area (Å²) in [5.41, 5.74) is 0.807. The number of halogens is 3. The average molecular weight is 262 g/mol. The van der Waals surface area contributed by atoms with E-state index >= 15 is 0 Å². The maximum Gasteiger partial charge on any atom is 0.159 e. The number of hydrogen-bond acceptors (Lipinski definition) is 1. The lowest BCUT2D eigenvalue weighted by Crippen LogP contribution is -2.13. The summed E-state index contributed by atoms with van der Waals surface area (Å²) in [4.78, 5) is 0. The van der Waals surface area contributed by atoms with Crippen LogP contribution in [0.25, 0.3) is 0 Å². The van der Waals surface area contributed by atoms with Gasteiger partial charge in [-0.25, -0.2) is 8.78 Å². The molecule has 4 heteroatoms. The number of benzene rings is 1. The van der Waals surface area contributed by atoms with Crippen LogP contribution in [0.4, 0.5) is 8.78 Å². The van der Waals surface area contributed by atoms with Gasteiger partial charge in [-0.1, -0.05) is 15.9 Å². The SMILES string of the molecule is Fc1cc(Br)c(C2CCCN2)cc1F. The first kappa shape index (κ1) is 10.1. The second-order valence-corrected chi connectivity index (χ2v) is 4.29.